The number of anilines is 1. The number of halogens is 1. The van der Waals surface area contributed by atoms with E-state index in [4.69, 9.17) is 9.15 Å². The van der Waals surface area contributed by atoms with Crippen LogP contribution < -0.4 is 9.64 Å². The van der Waals surface area contributed by atoms with Gasteiger partial charge in [-0.25, -0.2) is 4.39 Å². The van der Waals surface area contributed by atoms with E-state index in [-0.39, 0.29) is 23.5 Å². The van der Waals surface area contributed by atoms with E-state index in [1.165, 1.54) is 12.1 Å². The lowest BCUT2D eigenvalue weighted by molar-refractivity contribution is 0.0707. The SMILES string of the molecule is COc1ccc(-c2nnc(C(=O)N3CCN(c4ccc(F)cc4)CC3)o2)cc1. The first-order valence-corrected chi connectivity index (χ1v) is 8.92. The fraction of sp³-hybridized carbons (Fsp3) is 0.250. The molecule has 7 nitrogen and oxygen atoms in total. The highest BCUT2D eigenvalue weighted by Gasteiger charge is 2.26. The summed E-state index contributed by atoms with van der Waals surface area (Å²) in [5.41, 5.74) is 1.65. The van der Waals surface area contributed by atoms with Crippen molar-refractivity contribution in [3.05, 3.63) is 60.2 Å². The average molecular weight is 382 g/mol. The largest absolute Gasteiger partial charge is 0.497 e. The summed E-state index contributed by atoms with van der Waals surface area (Å²) >= 11 is 0. The Labute approximate surface area is 161 Å². The van der Waals surface area contributed by atoms with Crippen LogP contribution in [0.15, 0.2) is 52.9 Å². The molecule has 2 aromatic carbocycles. The molecule has 1 aliphatic heterocycles. The zero-order chi connectivity index (χ0) is 19.5. The molecule has 0 N–H and O–H groups in total. The molecule has 144 valence electrons. The number of ether oxygens (including phenoxy) is 1. The van der Waals surface area contributed by atoms with E-state index >= 15 is 0 Å². The molecule has 1 amide bonds. The molecule has 0 saturated carbocycles. The lowest BCUT2D eigenvalue weighted by atomic mass is 10.2. The van der Waals surface area contributed by atoms with E-state index in [9.17, 15) is 9.18 Å². The summed E-state index contributed by atoms with van der Waals surface area (Å²) in [7, 11) is 1.59. The summed E-state index contributed by atoms with van der Waals surface area (Å²) in [6.45, 7) is 2.35. The van der Waals surface area contributed by atoms with E-state index in [2.05, 4.69) is 15.1 Å². The van der Waals surface area contributed by atoms with Crippen LogP contribution >= 0.6 is 0 Å². The van der Waals surface area contributed by atoms with Gasteiger partial charge in [-0.15, -0.1) is 10.2 Å². The number of amides is 1. The van der Waals surface area contributed by atoms with E-state index in [1.54, 1.807) is 48.4 Å². The third-order valence-electron chi connectivity index (χ3n) is 4.70. The van der Waals surface area contributed by atoms with E-state index in [0.29, 0.717) is 31.7 Å². The molecule has 0 bridgehead atoms. The van der Waals surface area contributed by atoms with Crippen molar-refractivity contribution in [3.8, 4) is 17.2 Å². The molecule has 8 heteroatoms. The van der Waals surface area contributed by atoms with Gasteiger partial charge >= 0.3 is 11.8 Å². The van der Waals surface area contributed by atoms with Crippen molar-refractivity contribution in [2.45, 2.75) is 0 Å². The number of carbonyl (C=O) groups excluding carboxylic acids is 1. The Morgan fingerprint density at radius 2 is 1.68 bits per heavy atom. The summed E-state index contributed by atoms with van der Waals surface area (Å²) in [4.78, 5) is 16.5. The fourth-order valence-electron chi connectivity index (χ4n) is 3.11. The Hall–Kier alpha value is -3.42. The van der Waals surface area contributed by atoms with Crippen LogP contribution in [0.25, 0.3) is 11.5 Å². The van der Waals surface area contributed by atoms with Crippen LogP contribution in [0.2, 0.25) is 0 Å². The summed E-state index contributed by atoms with van der Waals surface area (Å²) in [5, 5.41) is 7.88. The number of piperazine rings is 1. The first kappa shape index (κ1) is 18.0. The quantitative estimate of drug-likeness (QED) is 0.691. The molecule has 1 saturated heterocycles. The first-order valence-electron chi connectivity index (χ1n) is 8.92. The molecule has 3 aromatic rings. The minimum Gasteiger partial charge on any atom is -0.497 e. The van der Waals surface area contributed by atoms with Gasteiger partial charge in [0.1, 0.15) is 11.6 Å². The van der Waals surface area contributed by atoms with Crippen LogP contribution in [0.5, 0.6) is 5.75 Å². The van der Waals surface area contributed by atoms with Gasteiger partial charge in [0.05, 0.1) is 7.11 Å². The molecular formula is C20H19FN4O3. The number of hydrogen-bond donors (Lipinski definition) is 0. The smallest absolute Gasteiger partial charge is 0.311 e. The Kier molecular flexibility index (Phi) is 4.92. The second-order valence-corrected chi connectivity index (χ2v) is 6.40. The highest BCUT2D eigenvalue weighted by atomic mass is 19.1. The Morgan fingerprint density at radius 1 is 1.00 bits per heavy atom. The average Bonchev–Trinajstić information content (AvgIpc) is 3.24. The first-order chi connectivity index (χ1) is 13.6. The lowest BCUT2D eigenvalue weighted by Gasteiger charge is -2.35. The van der Waals surface area contributed by atoms with Gasteiger partial charge in [0.25, 0.3) is 0 Å². The third kappa shape index (κ3) is 3.66. The number of hydrogen-bond acceptors (Lipinski definition) is 6. The molecule has 0 spiro atoms. The van der Waals surface area contributed by atoms with Gasteiger partial charge in [-0.3, -0.25) is 4.79 Å². The Morgan fingerprint density at radius 3 is 2.32 bits per heavy atom. The number of methoxy groups -OCH3 is 1. The van der Waals surface area contributed by atoms with Crippen molar-refractivity contribution < 1.29 is 18.3 Å². The Balaban J connectivity index is 1.40. The fourth-order valence-corrected chi connectivity index (χ4v) is 3.11. The maximum atomic E-state index is 13.1. The standard InChI is InChI=1S/C20H19FN4O3/c1-27-17-8-2-14(3-9-17)18-22-23-19(28-18)20(26)25-12-10-24(11-13-25)16-6-4-15(21)5-7-16/h2-9H,10-13H2,1H3. The summed E-state index contributed by atoms with van der Waals surface area (Å²) in [6.07, 6.45) is 0. The van der Waals surface area contributed by atoms with Crippen molar-refractivity contribution in [2.75, 3.05) is 38.2 Å². The van der Waals surface area contributed by atoms with Gasteiger partial charge in [-0.2, -0.15) is 0 Å². The van der Waals surface area contributed by atoms with Crippen LogP contribution in [0, 0.1) is 5.82 Å². The molecule has 0 unspecified atom stereocenters. The zero-order valence-corrected chi connectivity index (χ0v) is 15.3. The lowest BCUT2D eigenvalue weighted by Crippen LogP contribution is -2.48. The molecule has 0 atom stereocenters. The maximum absolute atomic E-state index is 13.1. The van der Waals surface area contributed by atoms with Crippen LogP contribution in [-0.4, -0.2) is 54.3 Å². The maximum Gasteiger partial charge on any atom is 0.311 e. The normalized spacial score (nSPS) is 14.2. The van der Waals surface area contributed by atoms with Gasteiger partial charge in [-0.1, -0.05) is 0 Å². The monoisotopic (exact) mass is 382 g/mol. The summed E-state index contributed by atoms with van der Waals surface area (Å²) < 4.78 is 23.8. The molecule has 2 heterocycles. The van der Waals surface area contributed by atoms with Gasteiger partial charge < -0.3 is 19.0 Å². The van der Waals surface area contributed by atoms with Crippen molar-refractivity contribution in [1.82, 2.24) is 15.1 Å². The third-order valence-corrected chi connectivity index (χ3v) is 4.70. The predicted octanol–water partition coefficient (Wildman–Crippen LogP) is 2.85. The van der Waals surface area contributed by atoms with Crippen molar-refractivity contribution >= 4 is 11.6 Å². The predicted molar refractivity (Wildman–Crippen MR) is 101 cm³/mol. The second kappa shape index (κ2) is 7.67. The molecule has 1 aromatic heterocycles. The van der Waals surface area contributed by atoms with Crippen molar-refractivity contribution in [1.29, 1.82) is 0 Å². The minimum atomic E-state index is -0.286. The van der Waals surface area contributed by atoms with Gasteiger partial charge in [0.2, 0.25) is 5.89 Å². The van der Waals surface area contributed by atoms with E-state index in [0.717, 1.165) is 11.4 Å². The zero-order valence-electron chi connectivity index (χ0n) is 15.3. The molecule has 28 heavy (non-hydrogen) atoms. The minimum absolute atomic E-state index is 0.0268. The van der Waals surface area contributed by atoms with Crippen LogP contribution in [0.1, 0.15) is 10.7 Å². The Bertz CT molecular complexity index is 948. The highest BCUT2D eigenvalue weighted by molar-refractivity contribution is 5.90. The highest BCUT2D eigenvalue weighted by Crippen LogP contribution is 2.22. The van der Waals surface area contributed by atoms with Crippen LogP contribution in [-0.2, 0) is 0 Å². The van der Waals surface area contributed by atoms with E-state index in [1.807, 2.05) is 0 Å². The number of benzene rings is 2. The molecule has 0 radical (unpaired) electrons. The number of carbonyl (C=O) groups is 1. The molecule has 1 aliphatic rings. The summed E-state index contributed by atoms with van der Waals surface area (Å²) in [5.74, 6) is 0.434. The topological polar surface area (TPSA) is 71.7 Å². The van der Waals surface area contributed by atoms with Crippen molar-refractivity contribution in [2.24, 2.45) is 0 Å². The second-order valence-electron chi connectivity index (χ2n) is 6.40. The van der Waals surface area contributed by atoms with E-state index < -0.39 is 0 Å². The van der Waals surface area contributed by atoms with Gasteiger partial charge in [-0.05, 0) is 48.5 Å². The summed E-state index contributed by atoms with van der Waals surface area (Å²) in [6, 6.07) is 13.5. The molecular weight excluding hydrogens is 363 g/mol. The molecule has 0 aliphatic carbocycles. The number of aromatic nitrogens is 2. The van der Waals surface area contributed by atoms with Gasteiger partial charge in [0.15, 0.2) is 0 Å². The van der Waals surface area contributed by atoms with Gasteiger partial charge in [0, 0.05) is 37.4 Å². The van der Waals surface area contributed by atoms with Crippen molar-refractivity contribution in [3.63, 3.8) is 0 Å². The molecule has 1 fully saturated rings. The van der Waals surface area contributed by atoms with Crippen LogP contribution in [0.3, 0.4) is 0 Å². The van der Waals surface area contributed by atoms with Crippen LogP contribution in [0.4, 0.5) is 10.1 Å². The number of rotatable bonds is 4. The molecule has 4 rings (SSSR count). The number of nitrogens with zero attached hydrogens (tertiary/aromatic N) is 4.